The number of hydrogen-bond acceptors (Lipinski definition) is 4. The van der Waals surface area contributed by atoms with Crippen LogP contribution in [-0.4, -0.2) is 19.3 Å². The lowest BCUT2D eigenvalue weighted by molar-refractivity contribution is 0.632. The fourth-order valence-corrected chi connectivity index (χ4v) is 3.86. The summed E-state index contributed by atoms with van der Waals surface area (Å²) in [5.41, 5.74) is 8.94. The third-order valence-corrected chi connectivity index (χ3v) is 5.02. The van der Waals surface area contributed by atoms with E-state index in [1.807, 2.05) is 11.6 Å². The van der Waals surface area contributed by atoms with Crippen LogP contribution in [0.25, 0.3) is 11.2 Å². The topological polar surface area (TPSA) is 61.7 Å². The van der Waals surface area contributed by atoms with E-state index in [9.17, 15) is 0 Å². The smallest absolute Gasteiger partial charge is 0.202 e. The predicted octanol–water partition coefficient (Wildman–Crippen LogP) is 3.21. The van der Waals surface area contributed by atoms with Crippen LogP contribution in [0.5, 0.6) is 0 Å². The van der Waals surface area contributed by atoms with Crippen molar-refractivity contribution in [2.24, 2.45) is 0 Å². The molecule has 0 aliphatic rings. The van der Waals surface area contributed by atoms with Gasteiger partial charge in [0.05, 0.1) is 9.48 Å². The van der Waals surface area contributed by atoms with Gasteiger partial charge < -0.3 is 5.73 Å². The Morgan fingerprint density at radius 1 is 1.40 bits per heavy atom. The highest BCUT2D eigenvalue weighted by molar-refractivity contribution is 9.11. The van der Waals surface area contributed by atoms with E-state index in [-0.39, 0.29) is 0 Å². The Bertz CT molecular complexity index is 754. The predicted molar refractivity (Wildman–Crippen MR) is 86.1 cm³/mol. The Balaban J connectivity index is 1.96. The summed E-state index contributed by atoms with van der Waals surface area (Å²) in [7, 11) is 0. The van der Waals surface area contributed by atoms with Crippen LogP contribution < -0.4 is 5.73 Å². The number of thiophene rings is 1. The number of fused-ring (bicyclic) bond motifs is 1. The summed E-state index contributed by atoms with van der Waals surface area (Å²) >= 11 is 5.25. The van der Waals surface area contributed by atoms with Crippen molar-refractivity contribution in [1.82, 2.24) is 19.3 Å². The molecule has 0 saturated carbocycles. The van der Waals surface area contributed by atoms with Crippen molar-refractivity contribution >= 4 is 44.4 Å². The van der Waals surface area contributed by atoms with E-state index in [1.54, 1.807) is 11.3 Å². The molecular weight excluding hydrogens is 338 g/mol. The lowest BCUT2D eigenvalue weighted by atomic mass is 10.3. The molecular formula is C13H16BrN5S. The summed E-state index contributed by atoms with van der Waals surface area (Å²) in [6.07, 6.45) is 0.944. The molecule has 2 N–H and O–H groups in total. The molecule has 0 aliphatic heterocycles. The zero-order valence-electron chi connectivity index (χ0n) is 11.4. The van der Waals surface area contributed by atoms with Crippen LogP contribution in [0.2, 0.25) is 0 Å². The van der Waals surface area contributed by atoms with Gasteiger partial charge in [0.2, 0.25) is 5.95 Å². The Morgan fingerprint density at radius 3 is 2.85 bits per heavy atom. The van der Waals surface area contributed by atoms with Crippen LogP contribution in [0.3, 0.4) is 0 Å². The van der Waals surface area contributed by atoms with Gasteiger partial charge in [-0.05, 0) is 48.3 Å². The SMILES string of the molecule is CCn1nc(C)c2nc(N)n(CCc3ccc(Br)s3)c21. The van der Waals surface area contributed by atoms with E-state index in [1.165, 1.54) is 4.88 Å². The van der Waals surface area contributed by atoms with Crippen LogP contribution >= 0.6 is 27.3 Å². The van der Waals surface area contributed by atoms with Crippen LogP contribution in [-0.2, 0) is 19.5 Å². The van der Waals surface area contributed by atoms with Gasteiger partial charge in [0.25, 0.3) is 0 Å². The molecule has 3 aromatic heterocycles. The molecule has 0 unspecified atom stereocenters. The van der Waals surface area contributed by atoms with Gasteiger partial charge in [-0.3, -0.25) is 4.57 Å². The fourth-order valence-electron chi connectivity index (χ4n) is 2.39. The van der Waals surface area contributed by atoms with E-state index >= 15 is 0 Å². The molecule has 0 aromatic carbocycles. The number of hydrogen-bond donors (Lipinski definition) is 1. The number of nitrogen functional groups attached to an aromatic ring is 1. The zero-order chi connectivity index (χ0) is 14.3. The number of aromatic nitrogens is 4. The highest BCUT2D eigenvalue weighted by Gasteiger charge is 2.16. The minimum atomic E-state index is 0.568. The molecule has 3 aromatic rings. The Morgan fingerprint density at radius 2 is 2.20 bits per heavy atom. The summed E-state index contributed by atoms with van der Waals surface area (Å²) < 4.78 is 5.19. The molecule has 0 aliphatic carbocycles. The van der Waals surface area contributed by atoms with Crippen molar-refractivity contribution in [2.75, 3.05) is 5.73 Å². The molecule has 106 valence electrons. The summed E-state index contributed by atoms with van der Waals surface area (Å²) in [5, 5.41) is 4.50. The van der Waals surface area contributed by atoms with Gasteiger partial charge in [0, 0.05) is 18.0 Å². The van der Waals surface area contributed by atoms with Gasteiger partial charge in [-0.15, -0.1) is 11.3 Å². The first-order chi connectivity index (χ1) is 9.60. The van der Waals surface area contributed by atoms with Crippen molar-refractivity contribution in [2.45, 2.75) is 33.4 Å². The molecule has 7 heteroatoms. The van der Waals surface area contributed by atoms with Crippen LogP contribution in [0.1, 0.15) is 17.5 Å². The number of nitrogens with two attached hydrogens (primary N) is 1. The fraction of sp³-hybridized carbons (Fsp3) is 0.385. The summed E-state index contributed by atoms with van der Waals surface area (Å²) in [5.74, 6) is 0.568. The van der Waals surface area contributed by atoms with Crippen molar-refractivity contribution < 1.29 is 0 Å². The maximum Gasteiger partial charge on any atom is 0.202 e. The molecule has 20 heavy (non-hydrogen) atoms. The molecule has 0 amide bonds. The van der Waals surface area contributed by atoms with Gasteiger partial charge in [-0.25, -0.2) is 9.67 Å². The van der Waals surface area contributed by atoms with E-state index in [0.29, 0.717) is 5.95 Å². The third-order valence-electron chi connectivity index (χ3n) is 3.34. The van der Waals surface area contributed by atoms with Crippen molar-refractivity contribution in [3.8, 4) is 0 Å². The second-order valence-corrected chi connectivity index (χ2v) is 7.20. The minimum Gasteiger partial charge on any atom is -0.369 e. The summed E-state index contributed by atoms with van der Waals surface area (Å²) in [6, 6.07) is 4.22. The first-order valence-corrected chi connectivity index (χ1v) is 8.14. The summed E-state index contributed by atoms with van der Waals surface area (Å²) in [4.78, 5) is 5.78. The molecule has 0 radical (unpaired) electrons. The van der Waals surface area contributed by atoms with Crippen molar-refractivity contribution in [3.05, 3.63) is 26.5 Å². The van der Waals surface area contributed by atoms with Crippen molar-refractivity contribution in [1.29, 1.82) is 0 Å². The molecule has 5 nitrogen and oxygen atoms in total. The average molecular weight is 354 g/mol. The molecule has 0 bridgehead atoms. The number of halogens is 1. The van der Waals surface area contributed by atoms with Crippen molar-refractivity contribution in [3.63, 3.8) is 0 Å². The van der Waals surface area contributed by atoms with Gasteiger partial charge in [0.15, 0.2) is 5.65 Å². The zero-order valence-corrected chi connectivity index (χ0v) is 13.8. The molecule has 3 heterocycles. The van der Waals surface area contributed by atoms with Crippen LogP contribution in [0.4, 0.5) is 5.95 Å². The standard InChI is InChI=1S/C13H16BrN5S/c1-3-19-12-11(8(2)17-19)16-13(15)18(12)7-6-9-4-5-10(14)20-9/h4-5H,3,6-7H2,1-2H3,(H2,15,16). The van der Waals surface area contributed by atoms with Gasteiger partial charge in [-0.1, -0.05) is 0 Å². The molecule has 0 spiro atoms. The largest absolute Gasteiger partial charge is 0.369 e. The number of nitrogens with zero attached hydrogens (tertiary/aromatic N) is 4. The van der Waals surface area contributed by atoms with Gasteiger partial charge in [0.1, 0.15) is 5.52 Å². The second-order valence-electron chi connectivity index (χ2n) is 4.65. The maximum atomic E-state index is 6.06. The van der Waals surface area contributed by atoms with E-state index in [0.717, 1.165) is 40.2 Å². The third kappa shape index (κ3) is 2.25. The number of rotatable bonds is 4. The number of imidazole rings is 1. The normalized spacial score (nSPS) is 11.6. The molecule has 3 rings (SSSR count). The first kappa shape index (κ1) is 13.6. The highest BCUT2D eigenvalue weighted by atomic mass is 79.9. The van der Waals surface area contributed by atoms with Crippen LogP contribution in [0, 0.1) is 6.92 Å². The Hall–Kier alpha value is -1.34. The quantitative estimate of drug-likeness (QED) is 0.783. The second kappa shape index (κ2) is 5.21. The summed E-state index contributed by atoms with van der Waals surface area (Å²) in [6.45, 7) is 5.69. The number of anilines is 1. The van der Waals surface area contributed by atoms with E-state index < -0.39 is 0 Å². The van der Waals surface area contributed by atoms with Crippen LogP contribution in [0.15, 0.2) is 15.9 Å². The van der Waals surface area contributed by atoms with E-state index in [2.05, 4.69) is 49.6 Å². The molecule has 0 atom stereocenters. The minimum absolute atomic E-state index is 0.568. The first-order valence-electron chi connectivity index (χ1n) is 6.53. The lowest BCUT2D eigenvalue weighted by Gasteiger charge is -2.07. The number of aryl methyl sites for hydroxylation is 4. The maximum absolute atomic E-state index is 6.06. The molecule has 0 fully saturated rings. The molecule has 0 saturated heterocycles. The monoisotopic (exact) mass is 353 g/mol. The van der Waals surface area contributed by atoms with Gasteiger partial charge in [-0.2, -0.15) is 5.10 Å². The highest BCUT2D eigenvalue weighted by Crippen LogP contribution is 2.25. The Kier molecular flexibility index (Phi) is 3.55. The average Bonchev–Trinajstić information content (AvgIpc) is 3.05. The lowest BCUT2D eigenvalue weighted by Crippen LogP contribution is -2.09. The van der Waals surface area contributed by atoms with Gasteiger partial charge >= 0.3 is 0 Å². The Labute approximate surface area is 129 Å². The van der Waals surface area contributed by atoms with E-state index in [4.69, 9.17) is 5.73 Å².